The minimum absolute atomic E-state index is 0.126. The first-order valence-electron chi connectivity index (χ1n) is 10.8. The summed E-state index contributed by atoms with van der Waals surface area (Å²) in [4.78, 5) is 53.7. The molecule has 2 N–H and O–H groups in total. The van der Waals surface area contributed by atoms with Crippen molar-refractivity contribution in [1.29, 1.82) is 0 Å². The maximum absolute atomic E-state index is 13.3. The van der Waals surface area contributed by atoms with E-state index in [1.807, 2.05) is 12.1 Å². The zero-order valence-corrected chi connectivity index (χ0v) is 16.9. The second-order valence-electron chi connectivity index (χ2n) is 8.69. The molecule has 4 aliphatic rings. The van der Waals surface area contributed by atoms with E-state index in [4.69, 9.17) is 0 Å². The number of nitrogens with zero attached hydrogens (tertiary/aromatic N) is 2. The number of hydrogen-bond donors (Lipinski definition) is 2. The molecule has 0 aromatic heterocycles. The molecule has 3 fully saturated rings. The molecular weight excluding hydrogens is 384 g/mol. The van der Waals surface area contributed by atoms with Crippen LogP contribution in [-0.2, 0) is 16.1 Å². The van der Waals surface area contributed by atoms with E-state index in [0.29, 0.717) is 29.8 Å². The molecule has 1 aromatic carbocycles. The predicted octanol–water partition coefficient (Wildman–Crippen LogP) is 0.804. The highest BCUT2D eigenvalue weighted by Gasteiger charge is 2.46. The highest BCUT2D eigenvalue weighted by Crippen LogP contribution is 2.35. The topological polar surface area (TPSA) is 98.8 Å². The molecule has 0 spiro atoms. The van der Waals surface area contributed by atoms with Crippen molar-refractivity contribution >= 4 is 23.6 Å². The van der Waals surface area contributed by atoms with Crippen LogP contribution in [0.1, 0.15) is 64.8 Å². The molecule has 3 aliphatic heterocycles. The molecule has 2 unspecified atom stereocenters. The number of nitrogens with one attached hydrogen (secondary N) is 2. The van der Waals surface area contributed by atoms with Gasteiger partial charge in [-0.05, 0) is 50.3 Å². The Hall–Kier alpha value is -2.58. The lowest BCUT2D eigenvalue weighted by Gasteiger charge is -2.35. The summed E-state index contributed by atoms with van der Waals surface area (Å²) >= 11 is 0. The third-order valence-electron chi connectivity index (χ3n) is 6.66. The van der Waals surface area contributed by atoms with Gasteiger partial charge in [0.1, 0.15) is 6.04 Å². The molecule has 8 heteroatoms. The zero-order chi connectivity index (χ0) is 20.8. The van der Waals surface area contributed by atoms with Crippen LogP contribution in [0.3, 0.4) is 0 Å². The summed E-state index contributed by atoms with van der Waals surface area (Å²) in [6.07, 6.45) is 4.91. The van der Waals surface area contributed by atoms with Crippen molar-refractivity contribution in [2.75, 3.05) is 13.1 Å². The van der Waals surface area contributed by atoms with Crippen molar-refractivity contribution in [3.63, 3.8) is 0 Å². The van der Waals surface area contributed by atoms with Crippen LogP contribution in [0.2, 0.25) is 0 Å². The third kappa shape index (κ3) is 3.33. The first kappa shape index (κ1) is 19.4. The maximum atomic E-state index is 13.3. The Morgan fingerprint density at radius 1 is 1.00 bits per heavy atom. The van der Waals surface area contributed by atoms with E-state index in [-0.39, 0.29) is 18.7 Å². The van der Waals surface area contributed by atoms with E-state index in [1.165, 1.54) is 12.8 Å². The Balaban J connectivity index is 1.43. The molecule has 5 rings (SSSR count). The molecule has 2 atom stereocenters. The number of fused-ring (bicyclic) bond motifs is 1. The van der Waals surface area contributed by atoms with Crippen molar-refractivity contribution in [2.24, 2.45) is 0 Å². The van der Waals surface area contributed by atoms with Gasteiger partial charge in [-0.15, -0.1) is 0 Å². The molecule has 158 valence electrons. The van der Waals surface area contributed by atoms with Crippen molar-refractivity contribution in [1.82, 2.24) is 20.4 Å². The number of carbonyl (C=O) groups is 4. The van der Waals surface area contributed by atoms with Crippen LogP contribution in [0, 0.1) is 0 Å². The summed E-state index contributed by atoms with van der Waals surface area (Å²) in [5.41, 5.74) is 1.62. The Morgan fingerprint density at radius 2 is 1.83 bits per heavy atom. The molecule has 1 aliphatic carbocycles. The molecular formula is C22H26N4O4. The van der Waals surface area contributed by atoms with Crippen LogP contribution in [0.4, 0.5) is 0 Å². The third-order valence-corrected chi connectivity index (χ3v) is 6.66. The fourth-order valence-electron chi connectivity index (χ4n) is 4.99. The zero-order valence-electron chi connectivity index (χ0n) is 16.9. The normalized spacial score (nSPS) is 26.9. The van der Waals surface area contributed by atoms with Gasteiger partial charge in [-0.2, -0.15) is 0 Å². The monoisotopic (exact) mass is 410 g/mol. The predicted molar refractivity (Wildman–Crippen MR) is 108 cm³/mol. The van der Waals surface area contributed by atoms with Gasteiger partial charge in [0.05, 0.1) is 11.1 Å². The summed E-state index contributed by atoms with van der Waals surface area (Å²) in [7, 11) is 0. The molecule has 4 amide bonds. The van der Waals surface area contributed by atoms with Gasteiger partial charge in [-0.3, -0.25) is 34.3 Å². The summed E-state index contributed by atoms with van der Waals surface area (Å²) < 4.78 is 0. The summed E-state index contributed by atoms with van der Waals surface area (Å²) in [5.74, 6) is -1.80. The van der Waals surface area contributed by atoms with Gasteiger partial charge in [0.25, 0.3) is 11.8 Å². The summed E-state index contributed by atoms with van der Waals surface area (Å²) in [6.45, 7) is 2.62. The number of imide groups is 2. The van der Waals surface area contributed by atoms with Gasteiger partial charge in [0.15, 0.2) is 0 Å². The van der Waals surface area contributed by atoms with Crippen LogP contribution >= 0.6 is 0 Å². The number of carbonyl (C=O) groups excluding carboxylic acids is 4. The van der Waals surface area contributed by atoms with Gasteiger partial charge < -0.3 is 5.32 Å². The van der Waals surface area contributed by atoms with Crippen molar-refractivity contribution in [2.45, 2.75) is 63.2 Å². The average molecular weight is 410 g/mol. The van der Waals surface area contributed by atoms with Crippen LogP contribution in [0.15, 0.2) is 18.2 Å². The van der Waals surface area contributed by atoms with E-state index in [2.05, 4.69) is 15.5 Å². The lowest BCUT2D eigenvalue weighted by Crippen LogP contribution is -2.54. The maximum Gasteiger partial charge on any atom is 0.262 e. The molecule has 2 saturated heterocycles. The highest BCUT2D eigenvalue weighted by molar-refractivity contribution is 6.24. The summed E-state index contributed by atoms with van der Waals surface area (Å²) in [5, 5.41) is 5.72. The van der Waals surface area contributed by atoms with Crippen LogP contribution in [0.5, 0.6) is 0 Å². The van der Waals surface area contributed by atoms with Gasteiger partial charge in [-0.1, -0.05) is 12.1 Å². The van der Waals surface area contributed by atoms with Crippen LogP contribution < -0.4 is 10.6 Å². The highest BCUT2D eigenvalue weighted by atomic mass is 16.2. The van der Waals surface area contributed by atoms with Gasteiger partial charge >= 0.3 is 0 Å². The van der Waals surface area contributed by atoms with Crippen molar-refractivity contribution < 1.29 is 19.2 Å². The quantitative estimate of drug-likeness (QED) is 0.697. The molecule has 1 aromatic rings. The standard InChI is InChI=1S/C22H26N4O4/c27-18-9-8-17(20(28)24-18)26-21(29)16-5-1-3-13(19(16)22(26)30)12-25(14-6-7-14)15-4-2-10-23-11-15/h1,3,5,14-15,17,23H,2,4,6-12H2,(H,24,27,28). The van der Waals surface area contributed by atoms with E-state index >= 15 is 0 Å². The van der Waals surface area contributed by atoms with Crippen LogP contribution in [-0.4, -0.2) is 64.6 Å². The van der Waals surface area contributed by atoms with E-state index in [9.17, 15) is 19.2 Å². The Morgan fingerprint density at radius 3 is 2.53 bits per heavy atom. The Kier molecular flexibility index (Phi) is 4.91. The fourth-order valence-corrected chi connectivity index (χ4v) is 4.99. The lowest BCUT2D eigenvalue weighted by molar-refractivity contribution is -0.136. The fraction of sp³-hybridized carbons (Fsp3) is 0.545. The number of amides is 4. The number of piperidine rings is 2. The van der Waals surface area contributed by atoms with E-state index < -0.39 is 23.8 Å². The molecule has 30 heavy (non-hydrogen) atoms. The lowest BCUT2D eigenvalue weighted by atomic mass is 10.00. The molecule has 0 radical (unpaired) electrons. The molecule has 3 heterocycles. The van der Waals surface area contributed by atoms with Gasteiger partial charge in [0, 0.05) is 31.6 Å². The molecule has 1 saturated carbocycles. The van der Waals surface area contributed by atoms with E-state index in [1.54, 1.807) is 6.07 Å². The molecule has 8 nitrogen and oxygen atoms in total. The summed E-state index contributed by atoms with van der Waals surface area (Å²) in [6, 6.07) is 5.44. The first-order valence-corrected chi connectivity index (χ1v) is 10.8. The van der Waals surface area contributed by atoms with Gasteiger partial charge in [-0.25, -0.2) is 0 Å². The first-order chi connectivity index (χ1) is 14.5. The Bertz CT molecular complexity index is 920. The number of benzene rings is 1. The van der Waals surface area contributed by atoms with Crippen LogP contribution in [0.25, 0.3) is 0 Å². The minimum atomic E-state index is -0.926. The molecule has 0 bridgehead atoms. The minimum Gasteiger partial charge on any atom is -0.315 e. The number of rotatable bonds is 5. The van der Waals surface area contributed by atoms with Gasteiger partial charge in [0.2, 0.25) is 11.8 Å². The van der Waals surface area contributed by atoms with E-state index in [0.717, 1.165) is 36.4 Å². The Labute approximate surface area is 175 Å². The number of hydrogen-bond acceptors (Lipinski definition) is 6. The SMILES string of the molecule is O=C1CCC(N2C(=O)c3cccc(CN(C4CC4)C4CCCNC4)c3C2=O)C(=O)N1. The smallest absolute Gasteiger partial charge is 0.262 e. The van der Waals surface area contributed by atoms with Crippen molar-refractivity contribution in [3.8, 4) is 0 Å². The average Bonchev–Trinajstić information content (AvgIpc) is 3.55. The second-order valence-corrected chi connectivity index (χ2v) is 8.69. The second kappa shape index (κ2) is 7.59. The largest absolute Gasteiger partial charge is 0.315 e. The van der Waals surface area contributed by atoms with Crippen molar-refractivity contribution in [3.05, 3.63) is 34.9 Å².